The molecular weight excluding hydrogens is 340 g/mol. The average Bonchev–Trinajstić information content (AvgIpc) is 2.65. The van der Waals surface area contributed by atoms with E-state index >= 15 is 0 Å². The van der Waals surface area contributed by atoms with Gasteiger partial charge in [0, 0.05) is 18.2 Å². The zero-order valence-electron chi connectivity index (χ0n) is 15.2. The van der Waals surface area contributed by atoms with E-state index in [4.69, 9.17) is 4.74 Å². The maximum atomic E-state index is 12.6. The molecule has 0 aromatic heterocycles. The van der Waals surface area contributed by atoms with E-state index in [2.05, 4.69) is 10.6 Å². The number of esters is 1. The summed E-state index contributed by atoms with van der Waals surface area (Å²) >= 11 is 0. The van der Waals surface area contributed by atoms with Gasteiger partial charge in [0.25, 0.3) is 5.91 Å². The first-order chi connectivity index (χ1) is 13.0. The summed E-state index contributed by atoms with van der Waals surface area (Å²) in [6.45, 7) is 3.35. The first-order valence-electron chi connectivity index (χ1n) is 8.54. The first-order valence-corrected chi connectivity index (χ1v) is 8.54. The number of rotatable bonds is 5. The average molecular weight is 360 g/mol. The molecule has 0 bridgehead atoms. The number of hydrogen-bond acceptors (Lipinski definition) is 4. The SMILES string of the molecule is CC(=O)Oc1cccc(C(=O)Nc2ccccc2Nc2ccc(C)cc2)c1. The predicted octanol–water partition coefficient (Wildman–Crippen LogP) is 4.92. The second-order valence-electron chi connectivity index (χ2n) is 6.11. The van der Waals surface area contributed by atoms with Gasteiger partial charge in [0.15, 0.2) is 0 Å². The standard InChI is InChI=1S/C22H20N2O3/c1-15-10-12-18(13-11-15)23-20-8-3-4-9-21(20)24-22(26)17-6-5-7-19(14-17)27-16(2)25/h3-14,23H,1-2H3,(H,24,26). The van der Waals surface area contributed by atoms with E-state index in [1.54, 1.807) is 18.2 Å². The van der Waals surface area contributed by atoms with Crippen LogP contribution in [0.25, 0.3) is 0 Å². The summed E-state index contributed by atoms with van der Waals surface area (Å²) < 4.78 is 5.04. The number of amides is 1. The third kappa shape index (κ3) is 4.95. The third-order valence-corrected chi connectivity index (χ3v) is 3.86. The Balaban J connectivity index is 1.78. The van der Waals surface area contributed by atoms with Gasteiger partial charge in [-0.1, -0.05) is 35.9 Å². The van der Waals surface area contributed by atoms with Crippen molar-refractivity contribution in [1.82, 2.24) is 0 Å². The Morgan fingerprint density at radius 2 is 1.56 bits per heavy atom. The van der Waals surface area contributed by atoms with Crippen LogP contribution in [0.5, 0.6) is 5.75 Å². The quantitative estimate of drug-likeness (QED) is 0.501. The third-order valence-electron chi connectivity index (χ3n) is 3.86. The highest BCUT2D eigenvalue weighted by atomic mass is 16.5. The molecule has 3 rings (SSSR count). The van der Waals surface area contributed by atoms with Crippen LogP contribution >= 0.6 is 0 Å². The number of para-hydroxylation sites is 2. The zero-order valence-corrected chi connectivity index (χ0v) is 15.2. The number of aryl methyl sites for hydroxylation is 1. The van der Waals surface area contributed by atoms with Crippen molar-refractivity contribution in [2.75, 3.05) is 10.6 Å². The van der Waals surface area contributed by atoms with Crippen LogP contribution in [0.2, 0.25) is 0 Å². The molecule has 0 atom stereocenters. The van der Waals surface area contributed by atoms with Crippen LogP contribution in [0.15, 0.2) is 72.8 Å². The summed E-state index contributed by atoms with van der Waals surface area (Å²) in [5, 5.41) is 6.21. The largest absolute Gasteiger partial charge is 0.427 e. The zero-order chi connectivity index (χ0) is 19.2. The summed E-state index contributed by atoms with van der Waals surface area (Å²) in [5.74, 6) is -0.386. The highest BCUT2D eigenvalue weighted by molar-refractivity contribution is 6.06. The van der Waals surface area contributed by atoms with E-state index < -0.39 is 5.97 Å². The lowest BCUT2D eigenvalue weighted by atomic mass is 10.1. The fourth-order valence-corrected chi connectivity index (χ4v) is 2.55. The summed E-state index contributed by atoms with van der Waals surface area (Å²) in [6.07, 6.45) is 0. The van der Waals surface area contributed by atoms with Crippen LogP contribution < -0.4 is 15.4 Å². The Labute approximate surface area is 158 Å². The summed E-state index contributed by atoms with van der Waals surface area (Å²) in [4.78, 5) is 23.7. The van der Waals surface area contributed by atoms with Gasteiger partial charge in [-0.25, -0.2) is 0 Å². The normalized spacial score (nSPS) is 10.1. The van der Waals surface area contributed by atoms with E-state index in [1.165, 1.54) is 18.6 Å². The fourth-order valence-electron chi connectivity index (χ4n) is 2.55. The predicted molar refractivity (Wildman–Crippen MR) is 107 cm³/mol. The van der Waals surface area contributed by atoms with Crippen LogP contribution in [-0.4, -0.2) is 11.9 Å². The molecule has 136 valence electrons. The van der Waals surface area contributed by atoms with Crippen molar-refractivity contribution in [2.45, 2.75) is 13.8 Å². The van der Waals surface area contributed by atoms with Crippen LogP contribution in [0.1, 0.15) is 22.8 Å². The summed E-state index contributed by atoms with van der Waals surface area (Å²) in [5.41, 5.74) is 3.94. The fraction of sp³-hybridized carbons (Fsp3) is 0.0909. The molecule has 0 unspecified atom stereocenters. The molecule has 3 aromatic carbocycles. The second kappa shape index (κ2) is 8.19. The van der Waals surface area contributed by atoms with Crippen LogP contribution in [-0.2, 0) is 4.79 Å². The van der Waals surface area contributed by atoms with Gasteiger partial charge < -0.3 is 15.4 Å². The molecule has 0 aliphatic carbocycles. The molecule has 1 amide bonds. The molecule has 0 saturated heterocycles. The molecule has 0 aliphatic heterocycles. The van der Waals surface area contributed by atoms with Crippen LogP contribution in [0, 0.1) is 6.92 Å². The van der Waals surface area contributed by atoms with Gasteiger partial charge >= 0.3 is 5.97 Å². The van der Waals surface area contributed by atoms with Gasteiger partial charge in [-0.3, -0.25) is 9.59 Å². The minimum atomic E-state index is -0.430. The highest BCUT2D eigenvalue weighted by Gasteiger charge is 2.11. The molecule has 5 nitrogen and oxygen atoms in total. The molecule has 0 radical (unpaired) electrons. The van der Waals surface area contributed by atoms with E-state index in [9.17, 15) is 9.59 Å². The van der Waals surface area contributed by atoms with Gasteiger partial charge in [-0.2, -0.15) is 0 Å². The lowest BCUT2D eigenvalue weighted by molar-refractivity contribution is -0.131. The van der Waals surface area contributed by atoms with Crippen molar-refractivity contribution < 1.29 is 14.3 Å². The number of hydrogen-bond donors (Lipinski definition) is 2. The molecule has 0 aliphatic rings. The van der Waals surface area contributed by atoms with Crippen molar-refractivity contribution in [2.24, 2.45) is 0 Å². The Morgan fingerprint density at radius 1 is 0.852 bits per heavy atom. The number of carbonyl (C=O) groups excluding carboxylic acids is 2. The van der Waals surface area contributed by atoms with Gasteiger partial charge in [-0.05, 0) is 49.4 Å². The minimum absolute atomic E-state index is 0.290. The van der Waals surface area contributed by atoms with Crippen molar-refractivity contribution in [1.29, 1.82) is 0 Å². The molecule has 5 heteroatoms. The topological polar surface area (TPSA) is 67.4 Å². The molecule has 0 saturated carbocycles. The maximum absolute atomic E-state index is 12.6. The van der Waals surface area contributed by atoms with E-state index in [-0.39, 0.29) is 5.91 Å². The lowest BCUT2D eigenvalue weighted by Crippen LogP contribution is -2.13. The van der Waals surface area contributed by atoms with Crippen molar-refractivity contribution in [3.8, 4) is 5.75 Å². The highest BCUT2D eigenvalue weighted by Crippen LogP contribution is 2.26. The second-order valence-corrected chi connectivity index (χ2v) is 6.11. The molecule has 3 aromatic rings. The summed E-state index contributed by atoms with van der Waals surface area (Å²) in [7, 11) is 0. The van der Waals surface area contributed by atoms with E-state index in [0.717, 1.165) is 11.4 Å². The summed E-state index contributed by atoms with van der Waals surface area (Å²) in [6, 6.07) is 22.0. The maximum Gasteiger partial charge on any atom is 0.308 e. The van der Waals surface area contributed by atoms with Gasteiger partial charge in [-0.15, -0.1) is 0 Å². The lowest BCUT2D eigenvalue weighted by Gasteiger charge is -2.13. The van der Waals surface area contributed by atoms with E-state index in [0.29, 0.717) is 17.0 Å². The van der Waals surface area contributed by atoms with E-state index in [1.807, 2.05) is 55.5 Å². The minimum Gasteiger partial charge on any atom is -0.427 e. The number of nitrogens with one attached hydrogen (secondary N) is 2. The Bertz CT molecular complexity index is 965. The Hall–Kier alpha value is -3.60. The molecular formula is C22H20N2O3. The van der Waals surface area contributed by atoms with Crippen molar-refractivity contribution in [3.05, 3.63) is 83.9 Å². The molecule has 27 heavy (non-hydrogen) atoms. The Morgan fingerprint density at radius 3 is 2.26 bits per heavy atom. The van der Waals surface area contributed by atoms with Gasteiger partial charge in [0.1, 0.15) is 5.75 Å². The number of ether oxygens (including phenoxy) is 1. The monoisotopic (exact) mass is 360 g/mol. The van der Waals surface area contributed by atoms with Crippen molar-refractivity contribution in [3.63, 3.8) is 0 Å². The van der Waals surface area contributed by atoms with Gasteiger partial charge in [0.2, 0.25) is 0 Å². The Kier molecular flexibility index (Phi) is 5.52. The smallest absolute Gasteiger partial charge is 0.308 e. The number of carbonyl (C=O) groups is 2. The molecule has 0 fully saturated rings. The van der Waals surface area contributed by atoms with Crippen LogP contribution in [0.3, 0.4) is 0 Å². The van der Waals surface area contributed by atoms with Gasteiger partial charge in [0.05, 0.1) is 11.4 Å². The number of anilines is 3. The van der Waals surface area contributed by atoms with Crippen molar-refractivity contribution >= 4 is 28.9 Å². The molecule has 0 heterocycles. The number of benzene rings is 3. The molecule has 0 spiro atoms. The first kappa shape index (κ1) is 18.2. The van der Waals surface area contributed by atoms with Crippen LogP contribution in [0.4, 0.5) is 17.1 Å². The molecule has 2 N–H and O–H groups in total.